The lowest BCUT2D eigenvalue weighted by Gasteiger charge is -2.26. The quantitative estimate of drug-likeness (QED) is 0.137. The molecule has 3 nitrogen and oxygen atoms in total. The van der Waals surface area contributed by atoms with Crippen LogP contribution < -0.4 is 9.80 Å². The molecule has 0 aliphatic carbocycles. The lowest BCUT2D eigenvalue weighted by atomic mass is 9.99. The van der Waals surface area contributed by atoms with Gasteiger partial charge in [-0.25, -0.2) is 0 Å². The summed E-state index contributed by atoms with van der Waals surface area (Å²) in [5.41, 5.74) is 17.4. The first-order valence-electron chi connectivity index (χ1n) is 21.4. The van der Waals surface area contributed by atoms with Crippen LogP contribution >= 0.6 is 0 Å². The standard InChI is InChI=1S/C60H42N2O/c1-5-15-43(16-6-1)45-27-35-51(36-28-45)62(52-37-29-46(30-38-52)44-17-7-2-8-18-44)54-41-33-48(34-42-54)56-24-14-26-58-57-25-13-23-55(59(57)63-60(56)58)47-31-39-53(40-32-47)61(49-19-9-3-10-20-49)50-21-11-4-12-22-50/h1-42H. The zero-order valence-corrected chi connectivity index (χ0v) is 34.6. The molecule has 0 aliphatic heterocycles. The van der Waals surface area contributed by atoms with Crippen molar-refractivity contribution in [3.63, 3.8) is 0 Å². The molecule has 0 saturated carbocycles. The number of hydrogen-bond donors (Lipinski definition) is 0. The van der Waals surface area contributed by atoms with Crippen LogP contribution in [-0.2, 0) is 0 Å². The molecule has 63 heavy (non-hydrogen) atoms. The number of para-hydroxylation sites is 4. The van der Waals surface area contributed by atoms with E-state index in [1.807, 2.05) is 0 Å². The average Bonchev–Trinajstić information content (AvgIpc) is 3.76. The fourth-order valence-electron chi connectivity index (χ4n) is 8.77. The van der Waals surface area contributed by atoms with E-state index in [2.05, 4.69) is 265 Å². The third-order valence-electron chi connectivity index (χ3n) is 11.9. The monoisotopic (exact) mass is 806 g/mol. The number of hydrogen-bond acceptors (Lipinski definition) is 3. The van der Waals surface area contributed by atoms with E-state index in [-0.39, 0.29) is 0 Å². The van der Waals surface area contributed by atoms with Gasteiger partial charge in [-0.05, 0) is 106 Å². The zero-order chi connectivity index (χ0) is 42.0. The highest BCUT2D eigenvalue weighted by Crippen LogP contribution is 2.43. The summed E-state index contributed by atoms with van der Waals surface area (Å²) in [5.74, 6) is 0. The van der Waals surface area contributed by atoms with E-state index in [1.54, 1.807) is 0 Å². The Balaban J connectivity index is 0.941. The zero-order valence-electron chi connectivity index (χ0n) is 34.6. The summed E-state index contributed by atoms with van der Waals surface area (Å²) in [7, 11) is 0. The Labute approximate surface area is 368 Å². The Kier molecular flexibility index (Phi) is 9.89. The predicted molar refractivity (Wildman–Crippen MR) is 265 cm³/mol. The second kappa shape index (κ2) is 16.6. The number of furan rings is 1. The van der Waals surface area contributed by atoms with Crippen molar-refractivity contribution in [3.05, 3.63) is 255 Å². The van der Waals surface area contributed by atoms with Gasteiger partial charge in [0.2, 0.25) is 0 Å². The van der Waals surface area contributed by atoms with Crippen LogP contribution in [0.25, 0.3) is 66.4 Å². The second-order valence-corrected chi connectivity index (χ2v) is 15.7. The first-order valence-corrected chi connectivity index (χ1v) is 21.4. The van der Waals surface area contributed by atoms with E-state index >= 15 is 0 Å². The van der Waals surface area contributed by atoms with Gasteiger partial charge in [0.15, 0.2) is 0 Å². The van der Waals surface area contributed by atoms with Gasteiger partial charge in [-0.2, -0.15) is 0 Å². The SMILES string of the molecule is c1ccc(-c2ccc(N(c3ccc(-c4ccccc4)cc3)c3ccc(-c4cccc5c4oc4c(-c6ccc(N(c7ccccc7)c7ccccc7)cc6)cccc45)cc3)cc2)cc1. The Morgan fingerprint density at radius 2 is 0.476 bits per heavy atom. The maximum Gasteiger partial charge on any atom is 0.143 e. The molecule has 10 aromatic carbocycles. The number of anilines is 6. The summed E-state index contributed by atoms with van der Waals surface area (Å²) in [5, 5.41) is 2.20. The van der Waals surface area contributed by atoms with Gasteiger partial charge in [-0.1, -0.05) is 182 Å². The van der Waals surface area contributed by atoms with Crippen LogP contribution in [0.15, 0.2) is 259 Å². The normalized spacial score (nSPS) is 11.2. The molecule has 298 valence electrons. The third kappa shape index (κ3) is 7.32. The van der Waals surface area contributed by atoms with Crippen molar-refractivity contribution in [1.29, 1.82) is 0 Å². The Morgan fingerprint density at radius 3 is 0.810 bits per heavy atom. The first-order chi connectivity index (χ1) is 31.2. The van der Waals surface area contributed by atoms with Crippen LogP contribution in [0.3, 0.4) is 0 Å². The molecule has 0 atom stereocenters. The number of fused-ring (bicyclic) bond motifs is 3. The molecular weight excluding hydrogens is 765 g/mol. The van der Waals surface area contributed by atoms with Gasteiger partial charge in [0.05, 0.1) is 0 Å². The summed E-state index contributed by atoms with van der Waals surface area (Å²) in [6.45, 7) is 0. The molecule has 0 amide bonds. The van der Waals surface area contributed by atoms with Crippen molar-refractivity contribution >= 4 is 56.1 Å². The molecule has 0 N–H and O–H groups in total. The minimum atomic E-state index is 0.883. The lowest BCUT2D eigenvalue weighted by molar-refractivity contribution is 0.671. The smallest absolute Gasteiger partial charge is 0.143 e. The average molecular weight is 807 g/mol. The van der Waals surface area contributed by atoms with Gasteiger partial charge in [0, 0.05) is 56.0 Å². The number of rotatable bonds is 10. The van der Waals surface area contributed by atoms with Crippen LogP contribution in [0.4, 0.5) is 34.1 Å². The van der Waals surface area contributed by atoms with E-state index in [0.29, 0.717) is 0 Å². The van der Waals surface area contributed by atoms with E-state index in [4.69, 9.17) is 4.42 Å². The maximum atomic E-state index is 6.93. The summed E-state index contributed by atoms with van der Waals surface area (Å²) in [6.07, 6.45) is 0. The molecule has 0 aliphatic rings. The van der Waals surface area contributed by atoms with Crippen molar-refractivity contribution in [3.8, 4) is 44.5 Å². The number of nitrogens with zero attached hydrogens (tertiary/aromatic N) is 2. The van der Waals surface area contributed by atoms with Crippen LogP contribution in [0.5, 0.6) is 0 Å². The molecule has 1 heterocycles. The van der Waals surface area contributed by atoms with Crippen LogP contribution in [0.1, 0.15) is 0 Å². The van der Waals surface area contributed by atoms with Crippen molar-refractivity contribution in [2.45, 2.75) is 0 Å². The van der Waals surface area contributed by atoms with Crippen molar-refractivity contribution in [2.24, 2.45) is 0 Å². The van der Waals surface area contributed by atoms with Gasteiger partial charge in [0.1, 0.15) is 11.2 Å². The highest BCUT2D eigenvalue weighted by Gasteiger charge is 2.19. The third-order valence-corrected chi connectivity index (χ3v) is 11.9. The van der Waals surface area contributed by atoms with E-state index in [9.17, 15) is 0 Å². The largest absolute Gasteiger partial charge is 0.455 e. The first kappa shape index (κ1) is 37.6. The van der Waals surface area contributed by atoms with E-state index in [0.717, 1.165) is 78.3 Å². The van der Waals surface area contributed by atoms with Gasteiger partial charge in [-0.15, -0.1) is 0 Å². The Bertz CT molecular complexity index is 3150. The molecule has 11 rings (SSSR count). The van der Waals surface area contributed by atoms with E-state index in [1.165, 1.54) is 22.3 Å². The molecule has 11 aromatic rings. The van der Waals surface area contributed by atoms with Gasteiger partial charge >= 0.3 is 0 Å². The number of benzene rings is 10. The second-order valence-electron chi connectivity index (χ2n) is 15.7. The molecule has 0 saturated heterocycles. The summed E-state index contributed by atoms with van der Waals surface area (Å²) in [6, 6.07) is 90.4. The van der Waals surface area contributed by atoms with E-state index < -0.39 is 0 Å². The van der Waals surface area contributed by atoms with Crippen LogP contribution in [0, 0.1) is 0 Å². The molecule has 0 fully saturated rings. The highest BCUT2D eigenvalue weighted by atomic mass is 16.3. The predicted octanol–water partition coefficient (Wildman–Crippen LogP) is 17.2. The molecule has 0 unspecified atom stereocenters. The molecule has 0 radical (unpaired) electrons. The molecule has 1 aromatic heterocycles. The van der Waals surface area contributed by atoms with Gasteiger partial charge < -0.3 is 14.2 Å². The fraction of sp³-hybridized carbons (Fsp3) is 0. The maximum absolute atomic E-state index is 6.93. The molecule has 0 spiro atoms. The molecular formula is C60H42N2O. The van der Waals surface area contributed by atoms with Crippen LogP contribution in [0.2, 0.25) is 0 Å². The van der Waals surface area contributed by atoms with Gasteiger partial charge in [-0.3, -0.25) is 0 Å². The van der Waals surface area contributed by atoms with Gasteiger partial charge in [0.25, 0.3) is 0 Å². The molecule has 3 heteroatoms. The minimum absolute atomic E-state index is 0.883. The lowest BCUT2D eigenvalue weighted by Crippen LogP contribution is -2.09. The fourth-order valence-corrected chi connectivity index (χ4v) is 8.77. The summed E-state index contributed by atoms with van der Waals surface area (Å²) in [4.78, 5) is 4.61. The topological polar surface area (TPSA) is 19.6 Å². The van der Waals surface area contributed by atoms with Crippen molar-refractivity contribution in [2.75, 3.05) is 9.80 Å². The summed E-state index contributed by atoms with van der Waals surface area (Å²) >= 11 is 0. The highest BCUT2D eigenvalue weighted by molar-refractivity contribution is 6.13. The summed E-state index contributed by atoms with van der Waals surface area (Å²) < 4.78 is 6.93. The van der Waals surface area contributed by atoms with Crippen LogP contribution in [-0.4, -0.2) is 0 Å². The minimum Gasteiger partial charge on any atom is -0.455 e. The van der Waals surface area contributed by atoms with Crippen molar-refractivity contribution < 1.29 is 4.42 Å². The molecule has 0 bridgehead atoms. The van der Waals surface area contributed by atoms with Crippen molar-refractivity contribution in [1.82, 2.24) is 0 Å². The Morgan fingerprint density at radius 1 is 0.206 bits per heavy atom. The Hall–Kier alpha value is -8.40.